The highest BCUT2D eigenvalue weighted by atomic mass is 16.2. The van der Waals surface area contributed by atoms with E-state index in [1.54, 1.807) is 36.1 Å². The van der Waals surface area contributed by atoms with E-state index in [1.807, 2.05) is 18.2 Å². The quantitative estimate of drug-likeness (QED) is 0.664. The van der Waals surface area contributed by atoms with E-state index in [1.165, 1.54) is 10.5 Å². The molecule has 1 aromatic heterocycles. The van der Waals surface area contributed by atoms with Crippen molar-refractivity contribution in [3.8, 4) is 0 Å². The molecule has 1 saturated heterocycles. The molecule has 0 saturated carbocycles. The summed E-state index contributed by atoms with van der Waals surface area (Å²) in [4.78, 5) is 44.2. The zero-order chi connectivity index (χ0) is 20.4. The van der Waals surface area contributed by atoms with Gasteiger partial charge < -0.3 is 14.8 Å². The number of para-hydroxylation sites is 1. The van der Waals surface area contributed by atoms with Gasteiger partial charge in [0.15, 0.2) is 0 Å². The number of carbonyl (C=O) groups is 1. The lowest BCUT2D eigenvalue weighted by atomic mass is 10.2. The molecular formula is C22H25N4O3+. The molecule has 2 heterocycles. The molecule has 1 fully saturated rings. The van der Waals surface area contributed by atoms with Gasteiger partial charge in [-0.15, -0.1) is 0 Å². The smallest absolute Gasteiger partial charge is 0.329 e. The molecule has 2 aromatic carbocycles. The van der Waals surface area contributed by atoms with Crippen LogP contribution in [-0.2, 0) is 11.3 Å². The number of benzene rings is 2. The van der Waals surface area contributed by atoms with E-state index in [4.69, 9.17) is 0 Å². The van der Waals surface area contributed by atoms with Gasteiger partial charge in [-0.3, -0.25) is 9.59 Å². The van der Waals surface area contributed by atoms with Crippen LogP contribution in [0, 0.1) is 0 Å². The van der Waals surface area contributed by atoms with Crippen molar-refractivity contribution >= 4 is 16.8 Å². The van der Waals surface area contributed by atoms with Crippen LogP contribution in [0.25, 0.3) is 10.9 Å². The molecule has 150 valence electrons. The maximum Gasteiger partial charge on any atom is 0.329 e. The Hall–Kier alpha value is -3.19. The van der Waals surface area contributed by atoms with E-state index in [2.05, 4.69) is 17.1 Å². The van der Waals surface area contributed by atoms with Gasteiger partial charge in [-0.2, -0.15) is 0 Å². The third kappa shape index (κ3) is 3.86. The number of aromatic amines is 1. The number of quaternary nitrogens is 1. The number of aromatic nitrogens is 2. The van der Waals surface area contributed by atoms with E-state index >= 15 is 0 Å². The van der Waals surface area contributed by atoms with E-state index in [9.17, 15) is 14.4 Å². The minimum Gasteiger partial charge on any atom is -0.330 e. The highest BCUT2D eigenvalue weighted by Crippen LogP contribution is 2.09. The average molecular weight is 393 g/mol. The Bertz CT molecular complexity index is 1130. The molecule has 0 spiro atoms. The molecule has 1 atom stereocenters. The lowest BCUT2D eigenvalue weighted by molar-refractivity contribution is -0.917. The first-order chi connectivity index (χ1) is 14.0. The first-order valence-electron chi connectivity index (χ1n) is 9.94. The van der Waals surface area contributed by atoms with Gasteiger partial charge in [0.1, 0.15) is 12.6 Å². The van der Waals surface area contributed by atoms with Gasteiger partial charge in [0.2, 0.25) is 5.91 Å². The van der Waals surface area contributed by atoms with Gasteiger partial charge >= 0.3 is 5.69 Å². The number of nitrogens with zero attached hydrogens (tertiary/aromatic N) is 2. The van der Waals surface area contributed by atoms with Crippen LogP contribution in [0.4, 0.5) is 0 Å². The summed E-state index contributed by atoms with van der Waals surface area (Å²) in [6.45, 7) is 5.48. The largest absolute Gasteiger partial charge is 0.330 e. The number of hydrogen-bond acceptors (Lipinski definition) is 3. The van der Waals surface area contributed by atoms with Gasteiger partial charge in [-0.1, -0.05) is 42.5 Å². The predicted octanol–water partition coefficient (Wildman–Crippen LogP) is 0.178. The number of hydrogen-bond donors (Lipinski definition) is 2. The summed E-state index contributed by atoms with van der Waals surface area (Å²) in [5.41, 5.74) is 0.780. The highest BCUT2D eigenvalue weighted by molar-refractivity contribution is 5.81. The molecule has 29 heavy (non-hydrogen) atoms. The summed E-state index contributed by atoms with van der Waals surface area (Å²) in [7, 11) is 0. The molecule has 0 unspecified atom stereocenters. The number of piperazine rings is 1. The second-order valence-electron chi connectivity index (χ2n) is 7.56. The van der Waals surface area contributed by atoms with Crippen molar-refractivity contribution in [1.82, 2.24) is 14.5 Å². The number of carbonyl (C=O) groups excluding carboxylic acids is 1. The normalized spacial score (nSPS) is 16.1. The van der Waals surface area contributed by atoms with Gasteiger partial charge in [-0.25, -0.2) is 9.36 Å². The summed E-state index contributed by atoms with van der Waals surface area (Å²) in [6.07, 6.45) is 0. The van der Waals surface area contributed by atoms with E-state index in [0.717, 1.165) is 24.2 Å². The minimum absolute atomic E-state index is 0.188. The van der Waals surface area contributed by atoms with Crippen LogP contribution in [0.1, 0.15) is 18.5 Å². The molecule has 7 nitrogen and oxygen atoms in total. The molecule has 2 N–H and O–H groups in total. The number of fused-ring (bicyclic) bond motifs is 1. The first-order valence-corrected chi connectivity index (χ1v) is 9.94. The molecular weight excluding hydrogens is 368 g/mol. The molecule has 3 aromatic rings. The van der Waals surface area contributed by atoms with E-state index in [-0.39, 0.29) is 5.91 Å². The monoisotopic (exact) mass is 393 g/mol. The van der Waals surface area contributed by atoms with Crippen molar-refractivity contribution < 1.29 is 9.69 Å². The van der Waals surface area contributed by atoms with Crippen LogP contribution in [0.5, 0.6) is 0 Å². The van der Waals surface area contributed by atoms with Crippen LogP contribution in [0.15, 0.2) is 64.2 Å². The second kappa shape index (κ2) is 8.05. The maximum atomic E-state index is 13.0. The fourth-order valence-corrected chi connectivity index (χ4v) is 4.01. The second-order valence-corrected chi connectivity index (χ2v) is 7.56. The van der Waals surface area contributed by atoms with Crippen LogP contribution < -0.4 is 16.1 Å². The zero-order valence-corrected chi connectivity index (χ0v) is 16.4. The molecule has 1 aliphatic rings. The summed E-state index contributed by atoms with van der Waals surface area (Å²) in [5.74, 6) is -0.188. The lowest BCUT2D eigenvalue weighted by Crippen LogP contribution is -3.13. The van der Waals surface area contributed by atoms with Gasteiger partial charge in [-0.05, 0) is 19.1 Å². The number of rotatable bonds is 4. The average Bonchev–Trinajstić information content (AvgIpc) is 2.74. The van der Waals surface area contributed by atoms with Crippen molar-refractivity contribution in [3.05, 3.63) is 81.0 Å². The van der Waals surface area contributed by atoms with Crippen molar-refractivity contribution in [2.24, 2.45) is 0 Å². The molecule has 0 aliphatic carbocycles. The van der Waals surface area contributed by atoms with Crippen LogP contribution in [-0.4, -0.2) is 46.5 Å². The number of nitrogens with one attached hydrogen (secondary N) is 2. The Balaban J connectivity index is 1.47. The van der Waals surface area contributed by atoms with Crippen molar-refractivity contribution in [2.45, 2.75) is 19.5 Å². The minimum atomic E-state index is -0.841. The molecule has 1 amide bonds. The van der Waals surface area contributed by atoms with Crippen LogP contribution in [0.2, 0.25) is 0 Å². The fraction of sp³-hybridized carbons (Fsp3) is 0.318. The standard InChI is InChI=1S/C22H24N4O3/c1-16(26-21(28)18-9-5-6-10-19(18)23-22(26)29)20(27)25-13-11-24(12-14-25)15-17-7-3-2-4-8-17/h2-10,16H,11-15H2,1H3,(H,23,29)/p+1/t16-/m0/s1. The van der Waals surface area contributed by atoms with E-state index < -0.39 is 17.3 Å². The fourth-order valence-electron chi connectivity index (χ4n) is 4.01. The Morgan fingerprint density at radius 1 is 1.03 bits per heavy atom. The van der Waals surface area contributed by atoms with Crippen molar-refractivity contribution in [1.29, 1.82) is 0 Å². The molecule has 0 radical (unpaired) electrons. The molecule has 7 heteroatoms. The lowest BCUT2D eigenvalue weighted by Gasteiger charge is -2.33. The third-order valence-electron chi connectivity index (χ3n) is 5.66. The zero-order valence-electron chi connectivity index (χ0n) is 16.4. The van der Waals surface area contributed by atoms with Crippen LogP contribution >= 0.6 is 0 Å². The number of H-pyrrole nitrogens is 1. The Morgan fingerprint density at radius 3 is 2.41 bits per heavy atom. The number of amides is 1. The summed E-state index contributed by atoms with van der Waals surface area (Å²) >= 11 is 0. The SMILES string of the molecule is C[C@@H](C(=O)N1CC[NH+](Cc2ccccc2)CC1)n1c(=O)[nH]c2ccccc2c1=O. The van der Waals surface area contributed by atoms with Gasteiger partial charge in [0, 0.05) is 5.56 Å². The van der Waals surface area contributed by atoms with E-state index in [0.29, 0.717) is 24.0 Å². The first kappa shape index (κ1) is 19.1. The Kier molecular flexibility index (Phi) is 5.31. The topological polar surface area (TPSA) is 79.6 Å². The van der Waals surface area contributed by atoms with Gasteiger partial charge in [0.05, 0.1) is 37.1 Å². The van der Waals surface area contributed by atoms with Gasteiger partial charge in [0.25, 0.3) is 5.56 Å². The van der Waals surface area contributed by atoms with Crippen LogP contribution in [0.3, 0.4) is 0 Å². The molecule has 0 bridgehead atoms. The molecule has 1 aliphatic heterocycles. The molecule has 4 rings (SSSR count). The summed E-state index contributed by atoms with van der Waals surface area (Å²) in [6, 6.07) is 16.3. The third-order valence-corrected chi connectivity index (χ3v) is 5.66. The van der Waals surface area contributed by atoms with Crippen molar-refractivity contribution in [2.75, 3.05) is 26.2 Å². The Morgan fingerprint density at radius 2 is 1.69 bits per heavy atom. The van der Waals surface area contributed by atoms with Crippen molar-refractivity contribution in [3.63, 3.8) is 0 Å². The summed E-state index contributed by atoms with van der Waals surface area (Å²) in [5, 5.41) is 0.406. The predicted molar refractivity (Wildman–Crippen MR) is 111 cm³/mol. The highest BCUT2D eigenvalue weighted by Gasteiger charge is 2.29. The maximum absolute atomic E-state index is 13.0. The Labute approximate surface area is 168 Å². The summed E-state index contributed by atoms with van der Waals surface area (Å²) < 4.78 is 1.04.